The topological polar surface area (TPSA) is 84.7 Å². The van der Waals surface area contributed by atoms with Crippen LogP contribution in [0.4, 0.5) is 0 Å². The Morgan fingerprint density at radius 1 is 1.36 bits per heavy atom. The molecule has 22 heavy (non-hydrogen) atoms. The van der Waals surface area contributed by atoms with Gasteiger partial charge in [0.2, 0.25) is 0 Å². The van der Waals surface area contributed by atoms with Crippen LogP contribution in [0, 0.1) is 5.92 Å². The fourth-order valence-electron chi connectivity index (χ4n) is 2.48. The fraction of sp³-hybridized carbons (Fsp3) is 0.429. The number of benzene rings is 1. The molecule has 0 bridgehead atoms. The molecule has 1 fully saturated rings. The van der Waals surface area contributed by atoms with Crippen molar-refractivity contribution in [2.45, 2.75) is 19.4 Å². The number of nitrogens with zero attached hydrogens (tertiary/aromatic N) is 4. The summed E-state index contributed by atoms with van der Waals surface area (Å²) in [5, 5.41) is 17.4. The van der Waals surface area contributed by atoms with E-state index in [9.17, 15) is 4.79 Å². The lowest BCUT2D eigenvalue weighted by Crippen LogP contribution is -2.50. The molecule has 1 aliphatic heterocycles. The van der Waals surface area contributed by atoms with Gasteiger partial charge in [0.1, 0.15) is 6.33 Å². The number of nitrogens with one attached hydrogen (secondary N) is 2. The number of hydrogen-bond acceptors (Lipinski definition) is 5. The molecule has 2 unspecified atom stereocenters. The Kier molecular flexibility index (Phi) is 5.46. The molecule has 1 aromatic heterocycles. The van der Waals surface area contributed by atoms with Crippen molar-refractivity contribution < 1.29 is 4.79 Å². The molecule has 1 aliphatic rings. The van der Waals surface area contributed by atoms with Gasteiger partial charge in [0.25, 0.3) is 5.91 Å². The number of carbonyl (C=O) groups excluding carboxylic acids is 1. The highest BCUT2D eigenvalue weighted by Crippen LogP contribution is 2.13. The Bertz CT molecular complexity index is 600. The maximum absolute atomic E-state index is 12.3. The minimum Gasteiger partial charge on any atom is -0.348 e. The summed E-state index contributed by atoms with van der Waals surface area (Å²) in [5.41, 5.74) is 1.47. The second-order valence-electron chi connectivity index (χ2n) is 5.35. The second kappa shape index (κ2) is 7.33. The normalized spacial score (nSPS) is 21.0. The molecule has 1 amide bonds. The standard InChI is InChI=1S/C14H18N6O.ClH/c1-10-6-7-15-8-13(10)17-14(21)11-2-4-12(5-3-11)20-9-16-18-19-20;/h2-5,9-10,13,15H,6-8H2,1H3,(H,17,21);1H. The van der Waals surface area contributed by atoms with Crippen molar-refractivity contribution in [2.24, 2.45) is 5.92 Å². The molecule has 0 saturated carbocycles. The zero-order chi connectivity index (χ0) is 14.7. The van der Waals surface area contributed by atoms with Crippen molar-refractivity contribution in [3.05, 3.63) is 36.2 Å². The van der Waals surface area contributed by atoms with Crippen LogP contribution in [-0.2, 0) is 0 Å². The lowest BCUT2D eigenvalue weighted by atomic mass is 9.94. The Labute approximate surface area is 134 Å². The van der Waals surface area contributed by atoms with Crippen LogP contribution >= 0.6 is 12.4 Å². The molecule has 1 aromatic carbocycles. The number of rotatable bonds is 3. The highest BCUT2D eigenvalue weighted by Gasteiger charge is 2.22. The first-order valence-electron chi connectivity index (χ1n) is 7.09. The Hall–Kier alpha value is -1.99. The minimum atomic E-state index is -0.0428. The average Bonchev–Trinajstić information content (AvgIpc) is 3.04. The first kappa shape index (κ1) is 16.4. The third-order valence-electron chi connectivity index (χ3n) is 3.89. The van der Waals surface area contributed by atoms with E-state index in [-0.39, 0.29) is 24.4 Å². The van der Waals surface area contributed by atoms with E-state index >= 15 is 0 Å². The molecule has 2 N–H and O–H groups in total. The fourth-order valence-corrected chi connectivity index (χ4v) is 2.48. The maximum Gasteiger partial charge on any atom is 0.251 e. The smallest absolute Gasteiger partial charge is 0.251 e. The van der Waals surface area contributed by atoms with Gasteiger partial charge in [-0.2, -0.15) is 0 Å². The summed E-state index contributed by atoms with van der Waals surface area (Å²) in [7, 11) is 0. The molecule has 1 saturated heterocycles. The van der Waals surface area contributed by atoms with Gasteiger partial charge in [-0.25, -0.2) is 4.68 Å². The molecule has 0 radical (unpaired) electrons. The van der Waals surface area contributed by atoms with Crippen molar-refractivity contribution in [3.63, 3.8) is 0 Å². The van der Waals surface area contributed by atoms with E-state index in [0.29, 0.717) is 11.5 Å². The van der Waals surface area contributed by atoms with E-state index < -0.39 is 0 Å². The maximum atomic E-state index is 12.3. The number of aromatic nitrogens is 4. The molecule has 118 valence electrons. The minimum absolute atomic E-state index is 0. The van der Waals surface area contributed by atoms with Crippen LogP contribution in [0.5, 0.6) is 0 Å². The van der Waals surface area contributed by atoms with Gasteiger partial charge in [0, 0.05) is 18.2 Å². The van der Waals surface area contributed by atoms with Crippen molar-refractivity contribution >= 4 is 18.3 Å². The lowest BCUT2D eigenvalue weighted by molar-refractivity contribution is 0.0915. The van der Waals surface area contributed by atoms with E-state index in [2.05, 4.69) is 33.1 Å². The number of carbonyl (C=O) groups is 1. The molecule has 2 heterocycles. The van der Waals surface area contributed by atoms with Crippen molar-refractivity contribution in [1.82, 2.24) is 30.8 Å². The summed E-state index contributed by atoms with van der Waals surface area (Å²) in [6.07, 6.45) is 2.60. The van der Waals surface area contributed by atoms with Gasteiger partial charge in [-0.05, 0) is 53.6 Å². The SMILES string of the molecule is CC1CCNCC1NC(=O)c1ccc(-n2cnnn2)cc1.Cl. The van der Waals surface area contributed by atoms with Gasteiger partial charge in [-0.1, -0.05) is 6.92 Å². The van der Waals surface area contributed by atoms with E-state index in [0.717, 1.165) is 25.2 Å². The molecular formula is C14H19ClN6O. The van der Waals surface area contributed by atoms with Crippen LogP contribution in [0.15, 0.2) is 30.6 Å². The van der Waals surface area contributed by atoms with Crippen LogP contribution in [0.1, 0.15) is 23.7 Å². The zero-order valence-corrected chi connectivity index (χ0v) is 13.1. The third-order valence-corrected chi connectivity index (χ3v) is 3.89. The van der Waals surface area contributed by atoms with Gasteiger partial charge < -0.3 is 10.6 Å². The summed E-state index contributed by atoms with van der Waals surface area (Å²) in [6, 6.07) is 7.41. The number of halogens is 1. The number of hydrogen-bond donors (Lipinski definition) is 2. The predicted octanol–water partition coefficient (Wildman–Crippen LogP) is 0.812. The highest BCUT2D eigenvalue weighted by atomic mass is 35.5. The molecule has 8 heteroatoms. The lowest BCUT2D eigenvalue weighted by Gasteiger charge is -2.30. The first-order valence-corrected chi connectivity index (χ1v) is 7.09. The number of amides is 1. The van der Waals surface area contributed by atoms with Crippen molar-refractivity contribution in [1.29, 1.82) is 0 Å². The Morgan fingerprint density at radius 3 is 2.77 bits per heavy atom. The van der Waals surface area contributed by atoms with Crippen LogP contribution in [0.3, 0.4) is 0 Å². The molecule has 3 rings (SSSR count). The van der Waals surface area contributed by atoms with Crippen LogP contribution in [-0.4, -0.2) is 45.2 Å². The van der Waals surface area contributed by atoms with Gasteiger partial charge >= 0.3 is 0 Å². The Balaban J connectivity index is 0.00000176. The molecule has 2 atom stereocenters. The molecule has 7 nitrogen and oxygen atoms in total. The van der Waals surface area contributed by atoms with Gasteiger partial charge in [-0.15, -0.1) is 17.5 Å². The van der Waals surface area contributed by atoms with Crippen LogP contribution < -0.4 is 10.6 Å². The van der Waals surface area contributed by atoms with Crippen LogP contribution in [0.2, 0.25) is 0 Å². The largest absolute Gasteiger partial charge is 0.348 e. The summed E-state index contributed by atoms with van der Waals surface area (Å²) < 4.78 is 1.55. The summed E-state index contributed by atoms with van der Waals surface area (Å²) in [5.74, 6) is 0.453. The van der Waals surface area contributed by atoms with E-state index in [1.54, 1.807) is 16.8 Å². The summed E-state index contributed by atoms with van der Waals surface area (Å²) in [6.45, 7) is 4.02. The first-order chi connectivity index (χ1) is 10.2. The highest BCUT2D eigenvalue weighted by molar-refractivity contribution is 5.94. The number of piperidine rings is 1. The molecule has 2 aromatic rings. The third kappa shape index (κ3) is 3.61. The zero-order valence-electron chi connectivity index (χ0n) is 12.3. The van der Waals surface area contributed by atoms with Gasteiger partial charge in [-0.3, -0.25) is 4.79 Å². The Morgan fingerprint density at radius 2 is 2.14 bits per heavy atom. The van der Waals surface area contributed by atoms with Crippen LogP contribution in [0.25, 0.3) is 5.69 Å². The second-order valence-corrected chi connectivity index (χ2v) is 5.35. The summed E-state index contributed by atoms with van der Waals surface area (Å²) in [4.78, 5) is 12.3. The average molecular weight is 323 g/mol. The van der Waals surface area contributed by atoms with E-state index in [1.165, 1.54) is 6.33 Å². The van der Waals surface area contributed by atoms with Gasteiger partial charge in [0.15, 0.2) is 0 Å². The molecule has 0 aliphatic carbocycles. The van der Waals surface area contributed by atoms with E-state index in [1.807, 2.05) is 12.1 Å². The van der Waals surface area contributed by atoms with Crippen molar-refractivity contribution in [3.8, 4) is 5.69 Å². The number of tetrazole rings is 1. The predicted molar refractivity (Wildman–Crippen MR) is 84.3 cm³/mol. The quantitative estimate of drug-likeness (QED) is 0.873. The molecule has 0 spiro atoms. The van der Waals surface area contributed by atoms with Crippen molar-refractivity contribution in [2.75, 3.05) is 13.1 Å². The van der Waals surface area contributed by atoms with Gasteiger partial charge in [0.05, 0.1) is 5.69 Å². The monoisotopic (exact) mass is 322 g/mol. The summed E-state index contributed by atoms with van der Waals surface area (Å²) >= 11 is 0. The molecular weight excluding hydrogens is 304 g/mol. The van der Waals surface area contributed by atoms with E-state index in [4.69, 9.17) is 0 Å².